The summed E-state index contributed by atoms with van der Waals surface area (Å²) in [5.74, 6) is 1.77. The molecule has 0 radical (unpaired) electrons. The molecule has 1 aliphatic carbocycles. The van der Waals surface area contributed by atoms with Gasteiger partial charge in [-0.05, 0) is 24.3 Å². The lowest BCUT2D eigenvalue weighted by Gasteiger charge is -2.29. The minimum Gasteiger partial charge on any atom is -0.352 e. The molecule has 2 rings (SSSR count). The Morgan fingerprint density at radius 2 is 2.00 bits per heavy atom. The lowest BCUT2D eigenvalue weighted by molar-refractivity contribution is -0.384. The summed E-state index contributed by atoms with van der Waals surface area (Å²) in [6.07, 6.45) is 4.74. The van der Waals surface area contributed by atoms with Crippen molar-refractivity contribution in [3.63, 3.8) is 0 Å². The first-order valence-corrected chi connectivity index (χ1v) is 8.82. The summed E-state index contributed by atoms with van der Waals surface area (Å²) in [6, 6.07) is 6.80. The van der Waals surface area contributed by atoms with Gasteiger partial charge in [0.2, 0.25) is 5.91 Å². The third-order valence-corrected chi connectivity index (χ3v) is 5.11. The van der Waals surface area contributed by atoms with Gasteiger partial charge in [0.1, 0.15) is 0 Å². The number of nitrogens with zero attached hydrogens (tertiary/aromatic N) is 1. The van der Waals surface area contributed by atoms with Crippen molar-refractivity contribution in [1.82, 2.24) is 5.32 Å². The number of hydrogen-bond donors (Lipinski definition) is 1. The zero-order chi connectivity index (χ0) is 15.9. The zero-order valence-electron chi connectivity index (χ0n) is 12.8. The lowest BCUT2D eigenvalue weighted by atomic mass is 9.86. The second-order valence-corrected chi connectivity index (χ2v) is 6.84. The normalized spacial score (nSPS) is 21.3. The molecule has 1 aromatic carbocycles. The van der Waals surface area contributed by atoms with Crippen molar-refractivity contribution in [2.75, 3.05) is 5.75 Å². The summed E-state index contributed by atoms with van der Waals surface area (Å²) in [4.78, 5) is 22.1. The Bertz CT molecular complexity index is 519. The Morgan fingerprint density at radius 1 is 1.32 bits per heavy atom. The molecule has 0 bridgehead atoms. The summed E-state index contributed by atoms with van der Waals surface area (Å²) in [6.45, 7) is 2.20. The summed E-state index contributed by atoms with van der Waals surface area (Å²) in [7, 11) is 0. The van der Waals surface area contributed by atoms with Crippen LogP contribution >= 0.6 is 11.8 Å². The fourth-order valence-corrected chi connectivity index (χ4v) is 3.55. The monoisotopic (exact) mass is 322 g/mol. The maximum Gasteiger partial charge on any atom is 0.269 e. The Labute approximate surface area is 135 Å². The number of rotatable bonds is 6. The summed E-state index contributed by atoms with van der Waals surface area (Å²) < 4.78 is 0. The second kappa shape index (κ2) is 8.17. The van der Waals surface area contributed by atoms with Gasteiger partial charge in [0.15, 0.2) is 0 Å². The predicted octanol–water partition coefficient (Wildman–Crippen LogP) is 3.52. The van der Waals surface area contributed by atoms with Crippen LogP contribution in [0.2, 0.25) is 0 Å². The highest BCUT2D eigenvalue weighted by molar-refractivity contribution is 7.99. The van der Waals surface area contributed by atoms with Gasteiger partial charge in [-0.25, -0.2) is 0 Å². The van der Waals surface area contributed by atoms with Crippen molar-refractivity contribution in [1.29, 1.82) is 0 Å². The van der Waals surface area contributed by atoms with Crippen LogP contribution in [-0.4, -0.2) is 22.6 Å². The minimum atomic E-state index is -0.407. The number of thioether (sulfide) groups is 1. The molecule has 0 unspecified atom stereocenters. The molecule has 1 aliphatic rings. The molecule has 5 nitrogen and oxygen atoms in total. The molecular weight excluding hydrogens is 300 g/mol. The minimum absolute atomic E-state index is 0.0886. The number of non-ortho nitro benzene ring substituents is 1. The van der Waals surface area contributed by atoms with Crippen LogP contribution in [-0.2, 0) is 10.5 Å². The average Bonchev–Trinajstić information content (AvgIpc) is 2.50. The molecule has 1 fully saturated rings. The Morgan fingerprint density at radius 3 is 2.64 bits per heavy atom. The highest BCUT2D eigenvalue weighted by Gasteiger charge is 2.22. The first-order valence-electron chi connectivity index (χ1n) is 7.66. The van der Waals surface area contributed by atoms with E-state index in [-0.39, 0.29) is 11.6 Å². The van der Waals surface area contributed by atoms with Crippen molar-refractivity contribution in [3.05, 3.63) is 39.9 Å². The molecule has 1 amide bonds. The molecule has 0 saturated heterocycles. The van der Waals surface area contributed by atoms with Crippen molar-refractivity contribution in [2.45, 2.75) is 44.4 Å². The summed E-state index contributed by atoms with van der Waals surface area (Å²) >= 11 is 1.54. The van der Waals surface area contributed by atoms with E-state index in [4.69, 9.17) is 0 Å². The smallest absolute Gasteiger partial charge is 0.269 e. The van der Waals surface area contributed by atoms with Crippen molar-refractivity contribution < 1.29 is 9.72 Å². The van der Waals surface area contributed by atoms with Crippen molar-refractivity contribution in [2.24, 2.45) is 5.92 Å². The zero-order valence-corrected chi connectivity index (χ0v) is 13.6. The van der Waals surface area contributed by atoms with Gasteiger partial charge in [-0.1, -0.05) is 31.9 Å². The SMILES string of the molecule is C[C@@H]1CCCC[C@@H]1NC(=O)CSCc1ccc([N+](=O)[O-])cc1. The van der Waals surface area contributed by atoms with E-state index in [2.05, 4.69) is 12.2 Å². The third-order valence-electron chi connectivity index (χ3n) is 4.11. The molecule has 22 heavy (non-hydrogen) atoms. The Kier molecular flexibility index (Phi) is 6.24. The maximum absolute atomic E-state index is 12.0. The molecule has 1 N–H and O–H groups in total. The highest BCUT2D eigenvalue weighted by atomic mass is 32.2. The molecule has 2 atom stereocenters. The first kappa shape index (κ1) is 16.8. The highest BCUT2D eigenvalue weighted by Crippen LogP contribution is 2.24. The number of nitrogens with one attached hydrogen (secondary N) is 1. The quantitative estimate of drug-likeness (QED) is 0.642. The Hall–Kier alpha value is -1.56. The van der Waals surface area contributed by atoms with E-state index in [0.717, 1.165) is 12.0 Å². The van der Waals surface area contributed by atoms with Gasteiger partial charge in [0, 0.05) is 23.9 Å². The van der Waals surface area contributed by atoms with E-state index >= 15 is 0 Å². The van der Waals surface area contributed by atoms with Crippen LogP contribution in [0.5, 0.6) is 0 Å². The van der Waals surface area contributed by atoms with Crippen LogP contribution < -0.4 is 5.32 Å². The number of carbonyl (C=O) groups is 1. The van der Waals surface area contributed by atoms with Crippen molar-refractivity contribution in [3.8, 4) is 0 Å². The van der Waals surface area contributed by atoms with Crippen LogP contribution in [0, 0.1) is 16.0 Å². The van der Waals surface area contributed by atoms with E-state index in [1.165, 1.54) is 43.2 Å². The van der Waals surface area contributed by atoms with E-state index < -0.39 is 4.92 Å². The molecule has 6 heteroatoms. The molecule has 0 aromatic heterocycles. The summed E-state index contributed by atoms with van der Waals surface area (Å²) in [5.41, 5.74) is 1.09. The third kappa shape index (κ3) is 5.02. The van der Waals surface area contributed by atoms with Crippen molar-refractivity contribution >= 4 is 23.4 Å². The van der Waals surface area contributed by atoms with Gasteiger partial charge >= 0.3 is 0 Å². The van der Waals surface area contributed by atoms with Crippen LogP contribution in [0.15, 0.2) is 24.3 Å². The van der Waals surface area contributed by atoms with Gasteiger partial charge < -0.3 is 5.32 Å². The first-order chi connectivity index (χ1) is 10.6. The second-order valence-electron chi connectivity index (χ2n) is 5.85. The molecule has 1 aromatic rings. The van der Waals surface area contributed by atoms with Gasteiger partial charge in [0.25, 0.3) is 5.69 Å². The van der Waals surface area contributed by atoms with E-state index in [0.29, 0.717) is 23.5 Å². The van der Waals surface area contributed by atoms with E-state index in [1.807, 2.05) is 0 Å². The molecule has 1 saturated carbocycles. The van der Waals surface area contributed by atoms with Gasteiger partial charge in [-0.2, -0.15) is 0 Å². The van der Waals surface area contributed by atoms with Gasteiger partial charge in [-0.15, -0.1) is 11.8 Å². The molecule has 0 heterocycles. The fourth-order valence-electron chi connectivity index (χ4n) is 2.75. The largest absolute Gasteiger partial charge is 0.352 e. The number of hydrogen-bond acceptors (Lipinski definition) is 4. The van der Waals surface area contributed by atoms with Crippen LogP contribution in [0.1, 0.15) is 38.2 Å². The fraction of sp³-hybridized carbons (Fsp3) is 0.562. The number of amides is 1. The van der Waals surface area contributed by atoms with Gasteiger partial charge in [-0.3, -0.25) is 14.9 Å². The Balaban J connectivity index is 1.71. The number of nitro benzene ring substituents is 1. The molecule has 120 valence electrons. The average molecular weight is 322 g/mol. The van der Waals surface area contributed by atoms with Crippen LogP contribution in [0.4, 0.5) is 5.69 Å². The number of carbonyl (C=O) groups excluding carboxylic acids is 1. The molecule has 0 spiro atoms. The lowest BCUT2D eigenvalue weighted by Crippen LogP contribution is -2.41. The van der Waals surface area contributed by atoms with E-state index in [1.54, 1.807) is 12.1 Å². The topological polar surface area (TPSA) is 72.2 Å². The van der Waals surface area contributed by atoms with Crippen LogP contribution in [0.3, 0.4) is 0 Å². The number of benzene rings is 1. The van der Waals surface area contributed by atoms with Crippen LogP contribution in [0.25, 0.3) is 0 Å². The van der Waals surface area contributed by atoms with E-state index in [9.17, 15) is 14.9 Å². The number of nitro groups is 1. The standard InChI is InChI=1S/C16H22N2O3S/c1-12-4-2-3-5-15(12)17-16(19)11-22-10-13-6-8-14(9-7-13)18(20)21/h6-9,12,15H,2-5,10-11H2,1H3,(H,17,19)/t12-,15+/m1/s1. The maximum atomic E-state index is 12.0. The van der Waals surface area contributed by atoms with Gasteiger partial charge in [0.05, 0.1) is 10.7 Å². The molecular formula is C16H22N2O3S. The summed E-state index contributed by atoms with van der Waals surface area (Å²) in [5, 5.41) is 13.7. The molecule has 0 aliphatic heterocycles. The predicted molar refractivity (Wildman–Crippen MR) is 88.8 cm³/mol.